The number of rotatable bonds is 2. The van der Waals surface area contributed by atoms with Crippen molar-refractivity contribution in [3.8, 4) is 0 Å². The van der Waals surface area contributed by atoms with E-state index in [9.17, 15) is 4.79 Å². The number of hydrazine groups is 1. The molecular weight excluding hydrogens is 166 g/mol. The fraction of sp³-hybridized carbons (Fsp3) is 0.222. The molecule has 0 aliphatic carbocycles. The molecule has 0 fully saturated rings. The Bertz CT molecular complexity index is 309. The zero-order valence-electron chi connectivity index (χ0n) is 7.74. The standard InChI is InChI=1S/C9H13N3O/c1-12(2)11-9(13)7-4-3-5-8(10)6-7/h3-6H,10H2,1-2H3,(H,11,13). The lowest BCUT2D eigenvalue weighted by atomic mass is 10.2. The Morgan fingerprint density at radius 2 is 2.15 bits per heavy atom. The third-order valence-corrected chi connectivity index (χ3v) is 1.47. The van der Waals surface area contributed by atoms with Crippen LogP contribution in [0.2, 0.25) is 0 Å². The largest absolute Gasteiger partial charge is 0.399 e. The first-order chi connectivity index (χ1) is 6.09. The molecule has 1 aromatic rings. The second kappa shape index (κ2) is 3.91. The minimum absolute atomic E-state index is 0.155. The van der Waals surface area contributed by atoms with E-state index in [1.807, 2.05) is 0 Å². The fourth-order valence-corrected chi connectivity index (χ4v) is 0.948. The molecule has 0 aliphatic rings. The zero-order chi connectivity index (χ0) is 9.84. The Morgan fingerprint density at radius 1 is 1.46 bits per heavy atom. The molecule has 0 spiro atoms. The van der Waals surface area contributed by atoms with Gasteiger partial charge in [0.05, 0.1) is 0 Å². The van der Waals surface area contributed by atoms with Crippen molar-refractivity contribution < 1.29 is 4.79 Å². The number of carbonyl (C=O) groups is 1. The first kappa shape index (κ1) is 9.54. The molecule has 0 bridgehead atoms. The molecule has 13 heavy (non-hydrogen) atoms. The van der Waals surface area contributed by atoms with Crippen molar-refractivity contribution in [1.82, 2.24) is 10.4 Å². The van der Waals surface area contributed by atoms with Crippen LogP contribution in [-0.2, 0) is 0 Å². The molecule has 1 aromatic carbocycles. The van der Waals surface area contributed by atoms with Gasteiger partial charge in [-0.05, 0) is 18.2 Å². The van der Waals surface area contributed by atoms with E-state index in [1.54, 1.807) is 43.4 Å². The molecule has 1 amide bonds. The van der Waals surface area contributed by atoms with Crippen molar-refractivity contribution >= 4 is 11.6 Å². The quantitative estimate of drug-likeness (QED) is 0.512. The van der Waals surface area contributed by atoms with E-state index in [-0.39, 0.29) is 5.91 Å². The Balaban J connectivity index is 2.77. The summed E-state index contributed by atoms with van der Waals surface area (Å²) in [5.41, 5.74) is 9.31. The van der Waals surface area contributed by atoms with Crippen LogP contribution in [0.5, 0.6) is 0 Å². The summed E-state index contributed by atoms with van der Waals surface area (Å²) in [6, 6.07) is 6.85. The van der Waals surface area contributed by atoms with E-state index >= 15 is 0 Å². The van der Waals surface area contributed by atoms with Gasteiger partial charge in [-0.1, -0.05) is 6.07 Å². The summed E-state index contributed by atoms with van der Waals surface area (Å²) >= 11 is 0. The van der Waals surface area contributed by atoms with E-state index < -0.39 is 0 Å². The van der Waals surface area contributed by atoms with Crippen molar-refractivity contribution in [3.05, 3.63) is 29.8 Å². The van der Waals surface area contributed by atoms with Crippen LogP contribution < -0.4 is 11.2 Å². The molecule has 0 saturated heterocycles. The van der Waals surface area contributed by atoms with Gasteiger partial charge in [0, 0.05) is 25.3 Å². The normalized spacial score (nSPS) is 10.1. The Labute approximate surface area is 77.3 Å². The zero-order valence-corrected chi connectivity index (χ0v) is 7.74. The van der Waals surface area contributed by atoms with E-state index in [2.05, 4.69) is 5.43 Å². The second-order valence-corrected chi connectivity index (χ2v) is 2.96. The van der Waals surface area contributed by atoms with Crippen LogP contribution in [0.1, 0.15) is 10.4 Å². The van der Waals surface area contributed by atoms with E-state index in [0.29, 0.717) is 11.3 Å². The summed E-state index contributed by atoms with van der Waals surface area (Å²) < 4.78 is 0. The number of nitrogens with two attached hydrogens (primary N) is 1. The molecule has 0 aliphatic heterocycles. The van der Waals surface area contributed by atoms with Gasteiger partial charge < -0.3 is 5.73 Å². The number of amides is 1. The van der Waals surface area contributed by atoms with Crippen molar-refractivity contribution in [1.29, 1.82) is 0 Å². The number of hydrogen-bond donors (Lipinski definition) is 2. The summed E-state index contributed by atoms with van der Waals surface area (Å²) in [4.78, 5) is 11.4. The third-order valence-electron chi connectivity index (χ3n) is 1.47. The number of benzene rings is 1. The number of nitrogen functional groups attached to an aromatic ring is 1. The highest BCUT2D eigenvalue weighted by Crippen LogP contribution is 2.05. The summed E-state index contributed by atoms with van der Waals surface area (Å²) in [5.74, 6) is -0.155. The van der Waals surface area contributed by atoms with Crippen LogP contribution in [0.4, 0.5) is 5.69 Å². The van der Waals surface area contributed by atoms with Gasteiger partial charge >= 0.3 is 0 Å². The monoisotopic (exact) mass is 179 g/mol. The molecule has 0 saturated carbocycles. The third kappa shape index (κ3) is 2.76. The number of nitrogens with zero attached hydrogens (tertiary/aromatic N) is 1. The first-order valence-corrected chi connectivity index (χ1v) is 3.93. The predicted molar refractivity (Wildman–Crippen MR) is 52.0 cm³/mol. The van der Waals surface area contributed by atoms with Crippen LogP contribution >= 0.6 is 0 Å². The Kier molecular flexibility index (Phi) is 2.87. The van der Waals surface area contributed by atoms with Gasteiger partial charge in [0.25, 0.3) is 5.91 Å². The molecule has 0 radical (unpaired) electrons. The topological polar surface area (TPSA) is 58.4 Å². The van der Waals surface area contributed by atoms with Crippen molar-refractivity contribution in [2.75, 3.05) is 19.8 Å². The van der Waals surface area contributed by atoms with Crippen molar-refractivity contribution in [3.63, 3.8) is 0 Å². The Morgan fingerprint density at radius 3 is 2.69 bits per heavy atom. The minimum Gasteiger partial charge on any atom is -0.399 e. The van der Waals surface area contributed by atoms with Gasteiger partial charge in [-0.15, -0.1) is 0 Å². The van der Waals surface area contributed by atoms with Crippen LogP contribution in [-0.4, -0.2) is 25.0 Å². The average molecular weight is 179 g/mol. The van der Waals surface area contributed by atoms with Crippen molar-refractivity contribution in [2.24, 2.45) is 0 Å². The molecule has 4 nitrogen and oxygen atoms in total. The van der Waals surface area contributed by atoms with Gasteiger partial charge in [0.15, 0.2) is 0 Å². The highest BCUT2D eigenvalue weighted by Gasteiger charge is 2.04. The molecule has 4 heteroatoms. The van der Waals surface area contributed by atoms with Gasteiger partial charge in [0.1, 0.15) is 0 Å². The maximum absolute atomic E-state index is 11.4. The smallest absolute Gasteiger partial charge is 0.265 e. The number of nitrogens with one attached hydrogen (secondary N) is 1. The first-order valence-electron chi connectivity index (χ1n) is 3.93. The lowest BCUT2D eigenvalue weighted by Crippen LogP contribution is -2.36. The summed E-state index contributed by atoms with van der Waals surface area (Å²) in [5, 5.41) is 1.59. The van der Waals surface area contributed by atoms with Gasteiger partial charge in [0.2, 0.25) is 0 Å². The maximum atomic E-state index is 11.4. The molecule has 0 aromatic heterocycles. The van der Waals surface area contributed by atoms with Crippen LogP contribution in [0.25, 0.3) is 0 Å². The van der Waals surface area contributed by atoms with Crippen LogP contribution in [0.3, 0.4) is 0 Å². The fourth-order valence-electron chi connectivity index (χ4n) is 0.948. The van der Waals surface area contributed by atoms with Gasteiger partial charge in [-0.2, -0.15) is 0 Å². The van der Waals surface area contributed by atoms with Gasteiger partial charge in [-0.3, -0.25) is 10.2 Å². The molecule has 1 rings (SSSR count). The average Bonchev–Trinajstić information content (AvgIpc) is 2.03. The maximum Gasteiger partial charge on any atom is 0.265 e. The summed E-state index contributed by atoms with van der Waals surface area (Å²) in [7, 11) is 3.51. The molecular formula is C9H13N3O. The molecule has 70 valence electrons. The highest BCUT2D eigenvalue weighted by atomic mass is 16.2. The number of hydrogen-bond acceptors (Lipinski definition) is 3. The minimum atomic E-state index is -0.155. The summed E-state index contributed by atoms with van der Waals surface area (Å²) in [6.07, 6.45) is 0. The van der Waals surface area contributed by atoms with E-state index in [0.717, 1.165) is 0 Å². The predicted octanol–water partition coefficient (Wildman–Crippen LogP) is 0.475. The van der Waals surface area contributed by atoms with Crippen LogP contribution in [0, 0.1) is 0 Å². The highest BCUT2D eigenvalue weighted by molar-refractivity contribution is 5.94. The lowest BCUT2D eigenvalue weighted by molar-refractivity contribution is 0.0857. The van der Waals surface area contributed by atoms with E-state index in [4.69, 9.17) is 5.73 Å². The SMILES string of the molecule is CN(C)NC(=O)c1cccc(N)c1. The second-order valence-electron chi connectivity index (χ2n) is 2.96. The van der Waals surface area contributed by atoms with E-state index in [1.165, 1.54) is 0 Å². The molecule has 0 unspecified atom stereocenters. The van der Waals surface area contributed by atoms with Gasteiger partial charge in [-0.25, -0.2) is 5.01 Å². The van der Waals surface area contributed by atoms with Crippen molar-refractivity contribution in [2.45, 2.75) is 0 Å². The number of anilines is 1. The molecule has 0 heterocycles. The lowest BCUT2D eigenvalue weighted by Gasteiger charge is -2.11. The Hall–Kier alpha value is -1.55. The summed E-state index contributed by atoms with van der Waals surface area (Å²) in [6.45, 7) is 0. The number of carbonyl (C=O) groups excluding carboxylic acids is 1. The molecule has 3 N–H and O–H groups in total. The molecule has 0 atom stereocenters. The van der Waals surface area contributed by atoms with Crippen LogP contribution in [0.15, 0.2) is 24.3 Å².